The molecule has 3 N–H and O–H groups in total. The van der Waals surface area contributed by atoms with E-state index in [1.165, 1.54) is 23.8 Å². The molecule has 3 heterocycles. The number of nitrogens with two attached hydrogens (primary N) is 1. The van der Waals surface area contributed by atoms with Crippen LogP contribution >= 0.6 is 11.3 Å². The molecule has 3 aromatic rings. The van der Waals surface area contributed by atoms with Crippen molar-refractivity contribution >= 4 is 33.6 Å². The summed E-state index contributed by atoms with van der Waals surface area (Å²) in [5.74, 6) is 1.06. The smallest absolute Gasteiger partial charge is 0.132 e. The third-order valence-electron chi connectivity index (χ3n) is 4.80. The van der Waals surface area contributed by atoms with E-state index in [9.17, 15) is 5.11 Å². The Balaban J connectivity index is 1.87. The van der Waals surface area contributed by atoms with Crippen LogP contribution in [0.1, 0.15) is 54.2 Å². The minimum Gasteiger partial charge on any atom is -0.388 e. The van der Waals surface area contributed by atoms with E-state index in [4.69, 9.17) is 10.7 Å². The Bertz CT molecular complexity index is 991. The van der Waals surface area contributed by atoms with Gasteiger partial charge < -0.3 is 10.8 Å². The summed E-state index contributed by atoms with van der Waals surface area (Å²) in [4.78, 5) is 15.2. The molecule has 1 atom stereocenters. The summed E-state index contributed by atoms with van der Waals surface area (Å²) >= 11 is 1.58. The van der Waals surface area contributed by atoms with Crippen LogP contribution in [-0.4, -0.2) is 28.3 Å². The number of aliphatic hydroxyl groups is 1. The van der Waals surface area contributed by atoms with Crippen molar-refractivity contribution in [3.05, 3.63) is 40.4 Å². The molecule has 0 saturated heterocycles. The van der Waals surface area contributed by atoms with Crippen molar-refractivity contribution in [1.29, 1.82) is 0 Å². The summed E-state index contributed by atoms with van der Waals surface area (Å²) in [6, 6.07) is 6.28. The van der Waals surface area contributed by atoms with Gasteiger partial charge in [-0.3, -0.25) is 4.99 Å². The predicted octanol–water partition coefficient (Wildman–Crippen LogP) is 4.31. The van der Waals surface area contributed by atoms with E-state index in [2.05, 4.69) is 22.1 Å². The molecule has 26 heavy (non-hydrogen) atoms. The molecule has 1 aliphatic rings. The van der Waals surface area contributed by atoms with E-state index in [0.717, 1.165) is 26.5 Å². The lowest BCUT2D eigenvalue weighted by Gasteiger charge is -2.08. The van der Waals surface area contributed by atoms with Gasteiger partial charge in [0.1, 0.15) is 10.6 Å². The third-order valence-corrected chi connectivity index (χ3v) is 5.93. The van der Waals surface area contributed by atoms with Crippen LogP contribution in [0, 0.1) is 0 Å². The number of fused-ring (bicyclic) bond motifs is 1. The SMILES string of the molecule is CCC(O)c1cc2c(C3CC3)cc(-c3cnc(N)c(C=NC)c3)nc2s1. The molecular weight excluding hydrogens is 344 g/mol. The molecule has 0 amide bonds. The Kier molecular flexibility index (Phi) is 4.46. The second-order valence-electron chi connectivity index (χ2n) is 6.75. The largest absolute Gasteiger partial charge is 0.388 e. The number of hydrogen-bond acceptors (Lipinski definition) is 6. The molecule has 0 radical (unpaired) electrons. The first-order valence-electron chi connectivity index (χ1n) is 8.91. The average molecular weight is 366 g/mol. The molecule has 3 aromatic heterocycles. The summed E-state index contributed by atoms with van der Waals surface area (Å²) in [6.45, 7) is 1.99. The van der Waals surface area contributed by atoms with Crippen molar-refractivity contribution in [3.8, 4) is 11.3 Å². The number of aliphatic hydroxyl groups excluding tert-OH is 1. The van der Waals surface area contributed by atoms with Gasteiger partial charge >= 0.3 is 0 Å². The quantitative estimate of drug-likeness (QED) is 0.659. The number of rotatable bonds is 5. The molecule has 0 aliphatic heterocycles. The van der Waals surface area contributed by atoms with E-state index in [-0.39, 0.29) is 0 Å². The molecule has 134 valence electrons. The number of anilines is 1. The third kappa shape index (κ3) is 3.10. The monoisotopic (exact) mass is 366 g/mol. The molecule has 1 unspecified atom stereocenters. The highest BCUT2D eigenvalue weighted by atomic mass is 32.1. The second kappa shape index (κ2) is 6.78. The zero-order valence-corrected chi connectivity index (χ0v) is 15.8. The fraction of sp³-hybridized carbons (Fsp3) is 0.350. The normalized spacial score (nSPS) is 15.8. The number of hydrogen-bond donors (Lipinski definition) is 2. The van der Waals surface area contributed by atoms with Crippen LogP contribution in [0.4, 0.5) is 5.82 Å². The summed E-state index contributed by atoms with van der Waals surface area (Å²) in [5.41, 5.74) is 9.90. The van der Waals surface area contributed by atoms with Crippen LogP contribution in [-0.2, 0) is 0 Å². The van der Waals surface area contributed by atoms with Gasteiger partial charge in [-0.1, -0.05) is 6.92 Å². The number of pyridine rings is 2. The predicted molar refractivity (Wildman–Crippen MR) is 108 cm³/mol. The van der Waals surface area contributed by atoms with Gasteiger partial charge in [0, 0.05) is 40.8 Å². The number of nitrogens with zero attached hydrogens (tertiary/aromatic N) is 3. The summed E-state index contributed by atoms with van der Waals surface area (Å²) < 4.78 is 0. The highest BCUT2D eigenvalue weighted by Gasteiger charge is 2.27. The fourth-order valence-corrected chi connectivity index (χ4v) is 4.31. The van der Waals surface area contributed by atoms with Crippen molar-refractivity contribution in [2.45, 2.75) is 38.2 Å². The van der Waals surface area contributed by atoms with Gasteiger partial charge in [-0.15, -0.1) is 11.3 Å². The molecule has 4 rings (SSSR count). The fourth-order valence-electron chi connectivity index (χ4n) is 3.18. The summed E-state index contributed by atoms with van der Waals surface area (Å²) in [7, 11) is 1.72. The number of aliphatic imine (C=N–C) groups is 1. The van der Waals surface area contributed by atoms with E-state index in [1.54, 1.807) is 30.8 Å². The molecule has 0 aromatic carbocycles. The van der Waals surface area contributed by atoms with Crippen LogP contribution in [0.15, 0.2) is 29.4 Å². The maximum Gasteiger partial charge on any atom is 0.132 e. The standard InChI is InChI=1S/C20H22N4OS/c1-3-17(25)18-8-15-14(11-4-5-11)7-16(24-20(15)26-18)12-6-13(9-22-2)19(21)23-10-12/h6-11,17,25H,3-5H2,1-2H3,(H2,21,23). The Morgan fingerprint density at radius 3 is 2.88 bits per heavy atom. The van der Waals surface area contributed by atoms with Crippen LogP contribution in [0.5, 0.6) is 0 Å². The van der Waals surface area contributed by atoms with Crippen molar-refractivity contribution in [1.82, 2.24) is 9.97 Å². The maximum absolute atomic E-state index is 10.2. The summed E-state index contributed by atoms with van der Waals surface area (Å²) in [5, 5.41) is 11.4. The molecule has 1 saturated carbocycles. The maximum atomic E-state index is 10.2. The topological polar surface area (TPSA) is 84.4 Å². The van der Waals surface area contributed by atoms with E-state index in [0.29, 0.717) is 18.2 Å². The Labute approximate surface area is 156 Å². The van der Waals surface area contributed by atoms with E-state index >= 15 is 0 Å². The van der Waals surface area contributed by atoms with Gasteiger partial charge in [-0.25, -0.2) is 9.97 Å². The van der Waals surface area contributed by atoms with Crippen molar-refractivity contribution in [3.63, 3.8) is 0 Å². The van der Waals surface area contributed by atoms with Gasteiger partial charge in [0.05, 0.1) is 11.8 Å². The molecule has 5 nitrogen and oxygen atoms in total. The molecule has 6 heteroatoms. The van der Waals surface area contributed by atoms with Gasteiger partial charge in [0.15, 0.2) is 0 Å². The van der Waals surface area contributed by atoms with Crippen LogP contribution in [0.2, 0.25) is 0 Å². The average Bonchev–Trinajstić information content (AvgIpc) is 3.40. The molecule has 0 bridgehead atoms. The number of nitrogen functional groups attached to an aromatic ring is 1. The Morgan fingerprint density at radius 2 is 2.19 bits per heavy atom. The van der Waals surface area contributed by atoms with Crippen molar-refractivity contribution in [2.24, 2.45) is 4.99 Å². The molecule has 1 aliphatic carbocycles. The molecule has 1 fully saturated rings. The van der Waals surface area contributed by atoms with Crippen LogP contribution < -0.4 is 5.73 Å². The van der Waals surface area contributed by atoms with Crippen LogP contribution in [0.3, 0.4) is 0 Å². The lowest BCUT2D eigenvalue weighted by atomic mass is 10.0. The first-order valence-corrected chi connectivity index (χ1v) is 9.72. The minimum atomic E-state index is -0.421. The second-order valence-corrected chi connectivity index (χ2v) is 7.81. The van der Waals surface area contributed by atoms with Crippen molar-refractivity contribution < 1.29 is 5.11 Å². The summed E-state index contributed by atoms with van der Waals surface area (Å²) in [6.07, 6.45) is 6.20. The highest BCUT2D eigenvalue weighted by molar-refractivity contribution is 7.18. The van der Waals surface area contributed by atoms with E-state index in [1.807, 2.05) is 13.0 Å². The minimum absolute atomic E-state index is 0.421. The van der Waals surface area contributed by atoms with Gasteiger partial charge in [-0.2, -0.15) is 0 Å². The number of aromatic nitrogens is 2. The highest BCUT2D eigenvalue weighted by Crippen LogP contribution is 2.46. The molecule has 0 spiro atoms. The number of thiophene rings is 1. The van der Waals surface area contributed by atoms with Gasteiger partial charge in [0.2, 0.25) is 0 Å². The van der Waals surface area contributed by atoms with Gasteiger partial charge in [0.25, 0.3) is 0 Å². The molecular formula is C20H22N4OS. The first-order chi connectivity index (χ1) is 12.6. The van der Waals surface area contributed by atoms with Gasteiger partial charge in [-0.05, 0) is 48.9 Å². The van der Waals surface area contributed by atoms with Crippen LogP contribution in [0.25, 0.3) is 21.5 Å². The Hall–Kier alpha value is -2.31. The lowest BCUT2D eigenvalue weighted by molar-refractivity contribution is 0.177. The Morgan fingerprint density at radius 1 is 1.38 bits per heavy atom. The van der Waals surface area contributed by atoms with Crippen molar-refractivity contribution in [2.75, 3.05) is 12.8 Å². The zero-order valence-electron chi connectivity index (χ0n) is 14.9. The first kappa shape index (κ1) is 17.1. The van der Waals surface area contributed by atoms with E-state index < -0.39 is 6.10 Å². The lowest BCUT2D eigenvalue weighted by Crippen LogP contribution is -1.98. The zero-order chi connectivity index (χ0) is 18.3.